The van der Waals surface area contributed by atoms with Crippen LogP contribution in [-0.2, 0) is 6.54 Å². The Morgan fingerprint density at radius 2 is 2.21 bits per heavy atom. The number of hydrogen-bond donors (Lipinski definition) is 2. The monoisotopic (exact) mass is 271 g/mol. The van der Waals surface area contributed by atoms with E-state index in [4.69, 9.17) is 5.84 Å². The molecule has 0 aromatic carbocycles. The van der Waals surface area contributed by atoms with Crippen molar-refractivity contribution in [3.05, 3.63) is 53.8 Å². The van der Waals surface area contributed by atoms with Crippen molar-refractivity contribution >= 4 is 17.2 Å². The number of nitrogens with one attached hydrogen (secondary N) is 1. The van der Waals surface area contributed by atoms with Gasteiger partial charge in [0.2, 0.25) is 0 Å². The average Bonchev–Trinajstić information content (AvgIpc) is 3.09. The van der Waals surface area contributed by atoms with Gasteiger partial charge in [0.25, 0.3) is 0 Å². The number of pyridine rings is 1. The van der Waals surface area contributed by atoms with Gasteiger partial charge in [-0.15, -0.1) is 11.3 Å². The van der Waals surface area contributed by atoms with Crippen molar-refractivity contribution in [3.8, 4) is 10.7 Å². The molecular formula is C13H13N5S. The molecule has 6 heteroatoms. The van der Waals surface area contributed by atoms with E-state index in [1.54, 1.807) is 17.5 Å². The Morgan fingerprint density at radius 3 is 3.00 bits per heavy atom. The molecule has 0 aliphatic rings. The highest BCUT2D eigenvalue weighted by molar-refractivity contribution is 7.13. The van der Waals surface area contributed by atoms with E-state index in [0.29, 0.717) is 12.4 Å². The second-order valence-electron chi connectivity index (χ2n) is 4.01. The Labute approximate surface area is 114 Å². The summed E-state index contributed by atoms with van der Waals surface area (Å²) >= 11 is 1.68. The summed E-state index contributed by atoms with van der Waals surface area (Å²) in [7, 11) is 0. The fourth-order valence-corrected chi connectivity index (χ4v) is 2.63. The Kier molecular flexibility index (Phi) is 3.26. The topological polar surface area (TPSA) is 68.8 Å². The normalized spacial score (nSPS) is 10.6. The zero-order valence-corrected chi connectivity index (χ0v) is 11.0. The second-order valence-corrected chi connectivity index (χ2v) is 4.96. The van der Waals surface area contributed by atoms with Crippen molar-refractivity contribution < 1.29 is 0 Å². The number of aromatic nitrogens is 3. The van der Waals surface area contributed by atoms with Crippen LogP contribution in [0.25, 0.3) is 10.7 Å². The van der Waals surface area contributed by atoms with Crippen LogP contribution >= 0.6 is 11.3 Å². The molecule has 3 aromatic rings. The van der Waals surface area contributed by atoms with Crippen molar-refractivity contribution in [2.45, 2.75) is 6.54 Å². The zero-order valence-electron chi connectivity index (χ0n) is 10.2. The van der Waals surface area contributed by atoms with Gasteiger partial charge in [-0.1, -0.05) is 12.1 Å². The van der Waals surface area contributed by atoms with Gasteiger partial charge in [-0.05, 0) is 23.6 Å². The van der Waals surface area contributed by atoms with Gasteiger partial charge in [-0.2, -0.15) is 0 Å². The first-order valence-electron chi connectivity index (χ1n) is 5.84. The maximum atomic E-state index is 5.37. The van der Waals surface area contributed by atoms with Crippen LogP contribution in [0.2, 0.25) is 0 Å². The van der Waals surface area contributed by atoms with Crippen molar-refractivity contribution in [3.63, 3.8) is 0 Å². The van der Waals surface area contributed by atoms with Crippen LogP contribution in [0, 0.1) is 0 Å². The largest absolute Gasteiger partial charge is 0.324 e. The minimum atomic E-state index is 0.662. The van der Waals surface area contributed by atoms with E-state index in [2.05, 4.69) is 26.0 Å². The molecule has 0 aliphatic carbocycles. The molecule has 0 radical (unpaired) electrons. The highest BCUT2D eigenvalue weighted by Crippen LogP contribution is 2.23. The van der Waals surface area contributed by atoms with E-state index < -0.39 is 0 Å². The molecule has 3 aromatic heterocycles. The number of rotatable bonds is 4. The van der Waals surface area contributed by atoms with Gasteiger partial charge in [-0.25, -0.2) is 15.8 Å². The first kappa shape index (κ1) is 11.9. The lowest BCUT2D eigenvalue weighted by Gasteiger charge is -2.07. The number of hydrazine groups is 1. The standard InChI is InChI=1S/C13H13N5S/c14-17-12-5-1-3-10(16-12)9-18-7-6-15-13(18)11-4-2-8-19-11/h1-8H,9,14H2,(H,16,17). The molecule has 0 spiro atoms. The average molecular weight is 271 g/mol. The number of imidazole rings is 1. The minimum Gasteiger partial charge on any atom is -0.324 e. The Hall–Kier alpha value is -2.18. The first-order valence-corrected chi connectivity index (χ1v) is 6.72. The Balaban J connectivity index is 1.89. The molecule has 0 saturated heterocycles. The summed E-state index contributed by atoms with van der Waals surface area (Å²) in [5, 5.41) is 2.05. The Morgan fingerprint density at radius 1 is 1.26 bits per heavy atom. The van der Waals surface area contributed by atoms with Crippen LogP contribution in [0.1, 0.15) is 5.69 Å². The zero-order chi connectivity index (χ0) is 13.1. The SMILES string of the molecule is NNc1cccc(Cn2ccnc2-c2cccs2)n1. The smallest absolute Gasteiger partial charge is 0.150 e. The van der Waals surface area contributed by atoms with Gasteiger partial charge in [0.05, 0.1) is 17.1 Å². The summed E-state index contributed by atoms with van der Waals surface area (Å²) in [5.41, 5.74) is 3.49. The number of nitrogen functional groups attached to an aromatic ring is 1. The molecular weight excluding hydrogens is 258 g/mol. The second kappa shape index (κ2) is 5.21. The van der Waals surface area contributed by atoms with Crippen LogP contribution in [-0.4, -0.2) is 14.5 Å². The number of nitrogens with zero attached hydrogens (tertiary/aromatic N) is 3. The summed E-state index contributed by atoms with van der Waals surface area (Å²) in [6, 6.07) is 9.82. The minimum absolute atomic E-state index is 0.662. The van der Waals surface area contributed by atoms with Gasteiger partial charge < -0.3 is 9.99 Å². The first-order chi connectivity index (χ1) is 9.36. The molecule has 19 heavy (non-hydrogen) atoms. The number of anilines is 1. The van der Waals surface area contributed by atoms with Crippen LogP contribution in [0.3, 0.4) is 0 Å². The van der Waals surface area contributed by atoms with E-state index in [-0.39, 0.29) is 0 Å². The molecule has 3 N–H and O–H groups in total. The van der Waals surface area contributed by atoms with Gasteiger partial charge >= 0.3 is 0 Å². The predicted octanol–water partition coefficient (Wildman–Crippen LogP) is 2.34. The van der Waals surface area contributed by atoms with Crippen LogP contribution < -0.4 is 11.3 Å². The molecule has 0 fully saturated rings. The van der Waals surface area contributed by atoms with E-state index in [1.807, 2.05) is 35.8 Å². The number of nitrogens with two attached hydrogens (primary N) is 1. The van der Waals surface area contributed by atoms with Gasteiger partial charge in [-0.3, -0.25) is 0 Å². The predicted molar refractivity (Wildman–Crippen MR) is 76.7 cm³/mol. The van der Waals surface area contributed by atoms with E-state index in [9.17, 15) is 0 Å². The third kappa shape index (κ3) is 2.49. The highest BCUT2D eigenvalue weighted by atomic mass is 32.1. The molecule has 0 saturated carbocycles. The van der Waals surface area contributed by atoms with Gasteiger partial charge in [0.15, 0.2) is 0 Å². The molecule has 5 nitrogen and oxygen atoms in total. The Bertz CT molecular complexity index is 659. The summed E-state index contributed by atoms with van der Waals surface area (Å²) in [6.45, 7) is 0.669. The molecule has 0 unspecified atom stereocenters. The van der Waals surface area contributed by atoms with Crippen molar-refractivity contribution in [2.24, 2.45) is 5.84 Å². The van der Waals surface area contributed by atoms with Crippen LogP contribution in [0.5, 0.6) is 0 Å². The lowest BCUT2D eigenvalue weighted by molar-refractivity contribution is 0.784. The maximum absolute atomic E-state index is 5.37. The van der Waals surface area contributed by atoms with E-state index in [1.165, 1.54) is 0 Å². The molecule has 3 rings (SSSR count). The van der Waals surface area contributed by atoms with Crippen LogP contribution in [0.4, 0.5) is 5.82 Å². The van der Waals surface area contributed by atoms with Crippen LogP contribution in [0.15, 0.2) is 48.1 Å². The lowest BCUT2D eigenvalue weighted by atomic mass is 10.3. The third-order valence-corrected chi connectivity index (χ3v) is 3.61. The van der Waals surface area contributed by atoms with Crippen molar-refractivity contribution in [1.29, 1.82) is 0 Å². The molecule has 0 atom stereocenters. The molecule has 3 heterocycles. The fraction of sp³-hybridized carbons (Fsp3) is 0.0769. The van der Waals surface area contributed by atoms with E-state index >= 15 is 0 Å². The quantitative estimate of drug-likeness (QED) is 0.564. The molecule has 0 bridgehead atoms. The van der Waals surface area contributed by atoms with Crippen molar-refractivity contribution in [2.75, 3.05) is 5.43 Å². The summed E-state index contributed by atoms with van der Waals surface area (Å²) in [5.74, 6) is 6.99. The van der Waals surface area contributed by atoms with E-state index in [0.717, 1.165) is 16.4 Å². The lowest BCUT2D eigenvalue weighted by Crippen LogP contribution is -2.10. The summed E-state index contributed by atoms with van der Waals surface area (Å²) in [6.07, 6.45) is 3.76. The molecule has 0 amide bonds. The maximum Gasteiger partial charge on any atom is 0.150 e. The third-order valence-electron chi connectivity index (χ3n) is 2.74. The van der Waals surface area contributed by atoms with Gasteiger partial charge in [0, 0.05) is 12.4 Å². The fourth-order valence-electron chi connectivity index (χ4n) is 1.89. The summed E-state index contributed by atoms with van der Waals surface area (Å²) < 4.78 is 2.08. The highest BCUT2D eigenvalue weighted by Gasteiger charge is 2.07. The summed E-state index contributed by atoms with van der Waals surface area (Å²) in [4.78, 5) is 9.96. The van der Waals surface area contributed by atoms with Gasteiger partial charge in [0.1, 0.15) is 11.6 Å². The molecule has 0 aliphatic heterocycles. The number of thiophene rings is 1. The number of hydrogen-bond acceptors (Lipinski definition) is 5. The van der Waals surface area contributed by atoms with Crippen molar-refractivity contribution in [1.82, 2.24) is 14.5 Å². The molecule has 96 valence electrons.